The van der Waals surface area contributed by atoms with Crippen LogP contribution in [0.4, 0.5) is 14.6 Å². The minimum atomic E-state index is -2.73. The van der Waals surface area contributed by atoms with Crippen LogP contribution < -0.4 is 4.90 Å². The van der Waals surface area contributed by atoms with Gasteiger partial charge in [-0.1, -0.05) is 13.8 Å². The van der Waals surface area contributed by atoms with E-state index in [1.54, 1.807) is 21.6 Å². The number of carbonyl (C=O) groups excluding carboxylic acids is 1. The van der Waals surface area contributed by atoms with E-state index in [2.05, 4.69) is 40.9 Å². The summed E-state index contributed by atoms with van der Waals surface area (Å²) in [4.78, 5) is 22.5. The van der Waals surface area contributed by atoms with Crippen LogP contribution in [-0.2, 0) is 6.42 Å². The monoisotopic (exact) mass is 499 g/mol. The number of hydrogen-bond donors (Lipinski definition) is 0. The highest BCUT2D eigenvalue weighted by atomic mass is 19.3. The molecule has 0 unspecified atom stereocenters. The number of rotatable bonds is 7. The van der Waals surface area contributed by atoms with Gasteiger partial charge < -0.3 is 9.80 Å². The Morgan fingerprint density at radius 3 is 2.50 bits per heavy atom. The molecule has 1 saturated heterocycles. The fourth-order valence-electron chi connectivity index (χ4n) is 5.52. The molecule has 8 nitrogen and oxygen atoms in total. The van der Waals surface area contributed by atoms with Gasteiger partial charge in [-0.15, -0.1) is 0 Å². The smallest absolute Gasteiger partial charge is 0.282 e. The second-order valence-corrected chi connectivity index (χ2v) is 10.6. The van der Waals surface area contributed by atoms with Crippen LogP contribution in [0.15, 0.2) is 24.7 Å². The molecule has 10 heteroatoms. The highest BCUT2D eigenvalue weighted by molar-refractivity contribution is 6.02. The molecule has 194 valence electrons. The van der Waals surface area contributed by atoms with E-state index in [1.165, 1.54) is 6.20 Å². The number of alkyl halides is 2. The Hall–Kier alpha value is -2.88. The predicted molar refractivity (Wildman–Crippen MR) is 134 cm³/mol. The molecular formula is C26H35F2N7O. The average molecular weight is 500 g/mol. The quantitative estimate of drug-likeness (QED) is 0.448. The van der Waals surface area contributed by atoms with E-state index < -0.39 is 6.43 Å². The molecule has 5 rings (SSSR count). The van der Waals surface area contributed by atoms with E-state index in [0.717, 1.165) is 57.7 Å². The summed E-state index contributed by atoms with van der Waals surface area (Å²) in [5, 5.41) is 8.52. The summed E-state index contributed by atoms with van der Waals surface area (Å²) in [7, 11) is 2.09. The van der Waals surface area contributed by atoms with Crippen LogP contribution >= 0.6 is 0 Å². The molecule has 3 aromatic heterocycles. The summed E-state index contributed by atoms with van der Waals surface area (Å²) in [6, 6.07) is 2.00. The minimum Gasteiger partial charge on any atom is -0.354 e. The number of Topliss-reactive ketones (excluding diaryl/α,β-unsaturated/α-hetero) is 1. The van der Waals surface area contributed by atoms with Gasteiger partial charge in [-0.3, -0.25) is 9.48 Å². The van der Waals surface area contributed by atoms with E-state index in [4.69, 9.17) is 4.98 Å². The second kappa shape index (κ2) is 10.2. The molecule has 1 saturated carbocycles. The lowest BCUT2D eigenvalue weighted by molar-refractivity contribution is 0.0992. The number of anilines is 1. The van der Waals surface area contributed by atoms with Crippen LogP contribution in [0, 0.1) is 11.8 Å². The lowest BCUT2D eigenvalue weighted by Gasteiger charge is -2.33. The lowest BCUT2D eigenvalue weighted by Crippen LogP contribution is -2.44. The molecule has 36 heavy (non-hydrogen) atoms. The van der Waals surface area contributed by atoms with Gasteiger partial charge in [0.2, 0.25) is 0 Å². The van der Waals surface area contributed by atoms with Crippen molar-refractivity contribution >= 4 is 17.2 Å². The first-order chi connectivity index (χ1) is 17.3. The Bertz CT molecular complexity index is 1200. The molecule has 0 atom stereocenters. The van der Waals surface area contributed by atoms with Crippen LogP contribution in [-0.4, -0.2) is 68.3 Å². The predicted octanol–water partition coefficient (Wildman–Crippen LogP) is 4.43. The van der Waals surface area contributed by atoms with Crippen molar-refractivity contribution in [3.8, 4) is 0 Å². The molecular weight excluding hydrogens is 464 g/mol. The van der Waals surface area contributed by atoms with Crippen LogP contribution in [0.5, 0.6) is 0 Å². The van der Waals surface area contributed by atoms with Gasteiger partial charge in [-0.05, 0) is 50.6 Å². The first-order valence-corrected chi connectivity index (χ1v) is 13.0. The number of likely N-dealkylation sites (N-methyl/N-ethyl adjacent to an activating group) is 1. The Morgan fingerprint density at radius 2 is 1.83 bits per heavy atom. The van der Waals surface area contributed by atoms with Crippen LogP contribution in [0.1, 0.15) is 73.6 Å². The zero-order valence-electron chi connectivity index (χ0n) is 21.3. The number of fused-ring (bicyclic) bond motifs is 1. The van der Waals surface area contributed by atoms with E-state index in [-0.39, 0.29) is 29.5 Å². The normalized spacial score (nSPS) is 21.7. The summed E-state index contributed by atoms with van der Waals surface area (Å²) >= 11 is 0. The molecule has 0 bridgehead atoms. The fraction of sp³-hybridized carbons (Fsp3) is 0.615. The molecule has 0 amide bonds. The molecule has 0 radical (unpaired) electrons. The van der Waals surface area contributed by atoms with Crippen LogP contribution in [0.25, 0.3) is 5.65 Å². The van der Waals surface area contributed by atoms with E-state index in [1.807, 2.05) is 6.07 Å². The van der Waals surface area contributed by atoms with Crippen molar-refractivity contribution in [3.63, 3.8) is 0 Å². The number of nitrogens with zero attached hydrogens (tertiary/aromatic N) is 7. The first-order valence-electron chi connectivity index (χ1n) is 13.0. The Kier molecular flexibility index (Phi) is 7.05. The standard InChI is InChI=1S/C26H35F2N7O/c1-17(2)18-4-6-20(7-5-18)35-16-19(24(31-35)25(27)28)14-22(36)21-15-29-34-9-8-23(30-26(21)34)33-12-10-32(3)11-13-33/h8-9,15-18,20,25H,4-7,10-14H2,1-3H3. The van der Waals surface area contributed by atoms with E-state index in [0.29, 0.717) is 23.0 Å². The Labute approximate surface area is 210 Å². The van der Waals surface area contributed by atoms with Gasteiger partial charge in [-0.2, -0.15) is 10.2 Å². The largest absolute Gasteiger partial charge is 0.354 e. The summed E-state index contributed by atoms with van der Waals surface area (Å²) in [6.45, 7) is 8.07. The third kappa shape index (κ3) is 5.00. The maximum absolute atomic E-state index is 13.9. The van der Waals surface area contributed by atoms with Gasteiger partial charge in [0.05, 0.1) is 17.8 Å². The number of hydrogen-bond acceptors (Lipinski definition) is 6. The molecule has 1 aliphatic heterocycles. The highest BCUT2D eigenvalue weighted by Crippen LogP contribution is 2.36. The maximum Gasteiger partial charge on any atom is 0.282 e. The first kappa shape index (κ1) is 24.8. The van der Waals surface area contributed by atoms with Gasteiger partial charge in [-0.25, -0.2) is 18.3 Å². The van der Waals surface area contributed by atoms with Crippen molar-refractivity contribution in [2.24, 2.45) is 11.8 Å². The summed E-state index contributed by atoms with van der Waals surface area (Å²) < 4.78 is 31.0. The summed E-state index contributed by atoms with van der Waals surface area (Å²) in [5.74, 6) is 1.82. The molecule has 0 spiro atoms. The number of aromatic nitrogens is 5. The van der Waals surface area contributed by atoms with Crippen molar-refractivity contribution in [2.75, 3.05) is 38.1 Å². The zero-order valence-corrected chi connectivity index (χ0v) is 21.3. The van der Waals surface area contributed by atoms with Crippen LogP contribution in [0.2, 0.25) is 0 Å². The SMILES string of the molecule is CC(C)C1CCC(n2cc(CC(=O)c3cnn4ccc(N5CCN(C)CC5)nc34)c(C(F)F)n2)CC1. The maximum atomic E-state index is 13.9. The zero-order chi connectivity index (χ0) is 25.4. The van der Waals surface area contributed by atoms with Gasteiger partial charge in [0.15, 0.2) is 11.4 Å². The Balaban J connectivity index is 1.35. The summed E-state index contributed by atoms with van der Waals surface area (Å²) in [5.41, 5.74) is 0.790. The van der Waals surface area contributed by atoms with Gasteiger partial charge in [0.1, 0.15) is 11.5 Å². The van der Waals surface area contributed by atoms with Crippen molar-refractivity contribution < 1.29 is 13.6 Å². The highest BCUT2D eigenvalue weighted by Gasteiger charge is 2.28. The minimum absolute atomic E-state index is 0.103. The van der Waals surface area contributed by atoms with Gasteiger partial charge >= 0.3 is 0 Å². The van der Waals surface area contributed by atoms with Crippen LogP contribution in [0.3, 0.4) is 0 Å². The molecule has 0 aromatic carbocycles. The molecule has 2 fully saturated rings. The van der Waals surface area contributed by atoms with Crippen molar-refractivity contribution in [1.82, 2.24) is 29.3 Å². The molecule has 0 N–H and O–H groups in total. The second-order valence-electron chi connectivity index (χ2n) is 10.6. The summed E-state index contributed by atoms with van der Waals surface area (Å²) in [6.07, 6.45) is 6.06. The van der Waals surface area contributed by atoms with Crippen molar-refractivity contribution in [1.29, 1.82) is 0 Å². The topological polar surface area (TPSA) is 71.6 Å². The molecule has 3 aromatic rings. The molecule has 1 aliphatic carbocycles. The third-order valence-electron chi connectivity index (χ3n) is 7.94. The molecule has 2 aliphatic rings. The third-order valence-corrected chi connectivity index (χ3v) is 7.94. The number of ketones is 1. The fourth-order valence-corrected chi connectivity index (χ4v) is 5.52. The van der Waals surface area contributed by atoms with E-state index in [9.17, 15) is 13.6 Å². The number of carbonyl (C=O) groups is 1. The van der Waals surface area contributed by atoms with E-state index >= 15 is 0 Å². The molecule has 4 heterocycles. The number of piperazine rings is 1. The average Bonchev–Trinajstić information content (AvgIpc) is 3.49. The lowest BCUT2D eigenvalue weighted by atomic mass is 9.80. The van der Waals surface area contributed by atoms with Gasteiger partial charge in [0.25, 0.3) is 6.43 Å². The van der Waals surface area contributed by atoms with Gasteiger partial charge in [0, 0.05) is 50.6 Å². The number of halogens is 2. The van der Waals surface area contributed by atoms with Crippen molar-refractivity contribution in [3.05, 3.63) is 41.5 Å². The Morgan fingerprint density at radius 1 is 1.11 bits per heavy atom. The van der Waals surface area contributed by atoms with Crippen molar-refractivity contribution in [2.45, 2.75) is 58.4 Å².